The minimum absolute atomic E-state index is 0.152. The highest BCUT2D eigenvalue weighted by Gasteiger charge is 2.39. The van der Waals surface area contributed by atoms with E-state index in [2.05, 4.69) is 10.6 Å². The Kier molecular flexibility index (Phi) is 4.00. The lowest BCUT2D eigenvalue weighted by atomic mass is 9.77. The van der Waals surface area contributed by atoms with Crippen LogP contribution in [0.1, 0.15) is 18.4 Å². The number of methoxy groups -OCH3 is 1. The fraction of sp³-hybridized carbons (Fsp3) is 0.294. The topological polar surface area (TPSA) is 67.4 Å². The van der Waals surface area contributed by atoms with Gasteiger partial charge in [0.05, 0.1) is 25.1 Å². The van der Waals surface area contributed by atoms with Crippen molar-refractivity contribution in [2.45, 2.75) is 12.8 Å². The molecule has 0 radical (unpaired) electrons. The Morgan fingerprint density at radius 1 is 1.30 bits per heavy atom. The van der Waals surface area contributed by atoms with Crippen molar-refractivity contribution in [2.24, 2.45) is 0 Å². The third kappa shape index (κ3) is 2.55. The lowest BCUT2D eigenvalue weighted by Crippen LogP contribution is -2.43. The minimum Gasteiger partial charge on any atom is -0.466 e. The van der Waals surface area contributed by atoms with Crippen LogP contribution in [0, 0.1) is 5.82 Å². The van der Waals surface area contributed by atoms with Crippen LogP contribution in [0.15, 0.2) is 46.8 Å². The summed E-state index contributed by atoms with van der Waals surface area (Å²) in [4.78, 5) is 24.7. The van der Waals surface area contributed by atoms with Crippen LogP contribution < -0.4 is 10.6 Å². The monoisotopic (exact) mass is 316 g/mol. The predicted octanol–water partition coefficient (Wildman–Crippen LogP) is 1.39. The summed E-state index contributed by atoms with van der Waals surface area (Å²) in [6.07, 6.45) is 0. The number of allylic oxidation sites excluding steroid dienone is 1. The van der Waals surface area contributed by atoms with Crippen LogP contribution in [0.3, 0.4) is 0 Å². The lowest BCUT2D eigenvalue weighted by molar-refractivity contribution is -0.136. The molecule has 2 N–H and O–H groups in total. The van der Waals surface area contributed by atoms with Gasteiger partial charge >= 0.3 is 5.97 Å². The van der Waals surface area contributed by atoms with Crippen molar-refractivity contribution in [1.29, 1.82) is 0 Å². The molecule has 2 aliphatic heterocycles. The summed E-state index contributed by atoms with van der Waals surface area (Å²) in [5, 5.41) is 6.08. The van der Waals surface area contributed by atoms with E-state index < -0.39 is 17.7 Å². The van der Waals surface area contributed by atoms with E-state index in [0.717, 1.165) is 0 Å². The summed E-state index contributed by atoms with van der Waals surface area (Å²) in [7, 11) is 1.27. The number of hydrogen-bond acceptors (Lipinski definition) is 5. The van der Waals surface area contributed by atoms with Crippen molar-refractivity contribution in [3.05, 3.63) is 58.2 Å². The summed E-state index contributed by atoms with van der Waals surface area (Å²) in [6, 6.07) is 6.19. The van der Waals surface area contributed by atoms with Gasteiger partial charge in [0.1, 0.15) is 5.82 Å². The first-order chi connectivity index (χ1) is 11.0. The molecule has 1 aromatic carbocycles. The Balaban J connectivity index is 2.23. The van der Waals surface area contributed by atoms with E-state index in [1.54, 1.807) is 25.1 Å². The number of carbonyl (C=O) groups is 2. The number of dihydropyridines is 1. The molecule has 0 aromatic heterocycles. The smallest absolute Gasteiger partial charge is 0.336 e. The van der Waals surface area contributed by atoms with Crippen LogP contribution in [0.4, 0.5) is 4.39 Å². The molecule has 1 aromatic rings. The van der Waals surface area contributed by atoms with Crippen LogP contribution in [0.5, 0.6) is 0 Å². The molecule has 120 valence electrons. The zero-order valence-electron chi connectivity index (χ0n) is 12.9. The zero-order valence-corrected chi connectivity index (χ0v) is 12.9. The quantitative estimate of drug-likeness (QED) is 0.807. The molecule has 5 nitrogen and oxygen atoms in total. The number of ether oxygens (including phenoxy) is 1. The third-order valence-electron chi connectivity index (χ3n) is 4.15. The van der Waals surface area contributed by atoms with Gasteiger partial charge < -0.3 is 15.4 Å². The number of halogens is 1. The van der Waals surface area contributed by atoms with E-state index >= 15 is 0 Å². The highest BCUT2D eigenvalue weighted by Crippen LogP contribution is 2.40. The fourth-order valence-electron chi connectivity index (χ4n) is 3.16. The van der Waals surface area contributed by atoms with Crippen LogP contribution >= 0.6 is 0 Å². The van der Waals surface area contributed by atoms with E-state index in [0.29, 0.717) is 29.1 Å². The first kappa shape index (κ1) is 15.4. The predicted molar refractivity (Wildman–Crippen MR) is 81.9 cm³/mol. The summed E-state index contributed by atoms with van der Waals surface area (Å²) >= 11 is 0. The number of hydrogen-bond donors (Lipinski definition) is 2. The van der Waals surface area contributed by atoms with Gasteiger partial charge in [0.15, 0.2) is 5.78 Å². The largest absolute Gasteiger partial charge is 0.466 e. The van der Waals surface area contributed by atoms with Gasteiger partial charge in [0.25, 0.3) is 0 Å². The van der Waals surface area contributed by atoms with Gasteiger partial charge in [-0.3, -0.25) is 4.79 Å². The zero-order chi connectivity index (χ0) is 16.6. The molecule has 0 saturated heterocycles. The molecule has 0 bridgehead atoms. The van der Waals surface area contributed by atoms with Crippen molar-refractivity contribution in [3.63, 3.8) is 0 Å². The second-order valence-electron chi connectivity index (χ2n) is 5.53. The second-order valence-corrected chi connectivity index (χ2v) is 5.53. The van der Waals surface area contributed by atoms with Crippen molar-refractivity contribution >= 4 is 11.8 Å². The van der Waals surface area contributed by atoms with Crippen molar-refractivity contribution < 1.29 is 18.7 Å². The van der Waals surface area contributed by atoms with E-state index in [1.807, 2.05) is 0 Å². The molecule has 2 heterocycles. The highest BCUT2D eigenvalue weighted by molar-refractivity contribution is 6.04. The first-order valence-electron chi connectivity index (χ1n) is 7.32. The number of nitrogens with one attached hydrogen (secondary N) is 2. The van der Waals surface area contributed by atoms with Crippen LogP contribution in [-0.2, 0) is 14.3 Å². The van der Waals surface area contributed by atoms with E-state index in [9.17, 15) is 14.0 Å². The molecule has 1 atom stereocenters. The number of benzene rings is 1. The Hall–Kier alpha value is -2.47. The Bertz CT molecular complexity index is 752. The van der Waals surface area contributed by atoms with Crippen LogP contribution in [-0.4, -0.2) is 32.0 Å². The Morgan fingerprint density at radius 2 is 2.04 bits per heavy atom. The molecule has 2 aliphatic rings. The molecule has 3 rings (SSSR count). The highest BCUT2D eigenvalue weighted by atomic mass is 19.1. The molecular formula is C17H17FN2O3. The molecule has 1 unspecified atom stereocenters. The number of rotatable bonds is 2. The van der Waals surface area contributed by atoms with Gasteiger partial charge in [-0.05, 0) is 13.0 Å². The maximum Gasteiger partial charge on any atom is 0.336 e. The minimum atomic E-state index is -0.755. The van der Waals surface area contributed by atoms with Crippen molar-refractivity contribution in [1.82, 2.24) is 10.6 Å². The van der Waals surface area contributed by atoms with Crippen molar-refractivity contribution in [3.8, 4) is 0 Å². The molecule has 0 fully saturated rings. The third-order valence-corrected chi connectivity index (χ3v) is 4.15. The summed E-state index contributed by atoms with van der Waals surface area (Å²) in [5.41, 5.74) is 2.25. The summed E-state index contributed by atoms with van der Waals surface area (Å²) in [6.45, 7) is 2.36. The molecule has 0 amide bonds. The van der Waals surface area contributed by atoms with Crippen LogP contribution in [0.25, 0.3) is 0 Å². The second kappa shape index (κ2) is 5.96. The normalized spacial score (nSPS) is 21.0. The van der Waals surface area contributed by atoms with Crippen molar-refractivity contribution in [2.75, 3.05) is 20.2 Å². The average molecular weight is 316 g/mol. The number of esters is 1. The lowest BCUT2D eigenvalue weighted by Gasteiger charge is -2.34. The molecule has 6 heteroatoms. The molecular weight excluding hydrogens is 299 g/mol. The molecule has 0 aliphatic carbocycles. The van der Waals surface area contributed by atoms with Gasteiger partial charge in [-0.1, -0.05) is 18.2 Å². The van der Waals surface area contributed by atoms with Crippen LogP contribution in [0.2, 0.25) is 0 Å². The average Bonchev–Trinajstić information content (AvgIpc) is 2.54. The van der Waals surface area contributed by atoms with Gasteiger partial charge in [0, 0.05) is 29.1 Å². The molecule has 23 heavy (non-hydrogen) atoms. The van der Waals surface area contributed by atoms with Gasteiger partial charge in [-0.25, -0.2) is 9.18 Å². The Morgan fingerprint density at radius 3 is 2.74 bits per heavy atom. The first-order valence-corrected chi connectivity index (χ1v) is 7.32. The summed E-state index contributed by atoms with van der Waals surface area (Å²) < 4.78 is 19.2. The van der Waals surface area contributed by atoms with E-state index in [-0.39, 0.29) is 17.9 Å². The van der Waals surface area contributed by atoms with E-state index in [1.165, 1.54) is 13.2 Å². The molecule has 0 saturated carbocycles. The number of ketones is 1. The SMILES string of the molecule is COC(=O)C1=C(C)NC2=C(C(=O)CNC2)C1c1ccccc1F. The number of carbonyl (C=O) groups excluding carboxylic acids is 2. The number of Topliss-reactive ketones (excluding diaryl/α,β-unsaturated/α-hetero) is 1. The Labute approximate surface area is 133 Å². The summed E-state index contributed by atoms with van der Waals surface area (Å²) in [5.74, 6) is -1.93. The van der Waals surface area contributed by atoms with Gasteiger partial charge in [0.2, 0.25) is 0 Å². The maximum atomic E-state index is 14.4. The molecule has 0 spiro atoms. The fourth-order valence-corrected chi connectivity index (χ4v) is 3.16. The van der Waals surface area contributed by atoms with Gasteiger partial charge in [-0.2, -0.15) is 0 Å². The maximum absolute atomic E-state index is 14.4. The van der Waals surface area contributed by atoms with Gasteiger partial charge in [-0.15, -0.1) is 0 Å². The standard InChI is InChI=1S/C17H17FN2O3/c1-9-14(17(22)23-2)15(10-5-3-4-6-11(10)18)16-12(20-9)7-19-8-13(16)21/h3-6,15,19-20H,7-8H2,1-2H3. The van der Waals surface area contributed by atoms with E-state index in [4.69, 9.17) is 4.74 Å².